The highest BCUT2D eigenvalue weighted by molar-refractivity contribution is 6.04. The maximum atomic E-state index is 13.4. The van der Waals surface area contributed by atoms with Gasteiger partial charge in [0.25, 0.3) is 5.91 Å². The Morgan fingerprint density at radius 3 is 2.28 bits per heavy atom. The third kappa shape index (κ3) is 4.87. The fraction of sp³-hybridized carbons (Fsp3) is 0.481. The van der Waals surface area contributed by atoms with Crippen LogP contribution in [0.2, 0.25) is 0 Å². The zero-order valence-electron chi connectivity index (χ0n) is 21.9. The number of hydrogen-bond acceptors (Lipinski definition) is 7. The Bertz CT molecular complexity index is 1270. The van der Waals surface area contributed by atoms with E-state index in [0.717, 1.165) is 5.56 Å². The molecule has 0 fully saturated rings. The van der Waals surface area contributed by atoms with Crippen LogP contribution in [0.25, 0.3) is 22.3 Å². The van der Waals surface area contributed by atoms with Gasteiger partial charge >= 0.3 is 5.97 Å². The molecule has 0 radical (unpaired) electrons. The summed E-state index contributed by atoms with van der Waals surface area (Å²) < 4.78 is 18.8. The molecule has 2 aromatic heterocycles. The number of carbonyl (C=O) groups is 2. The average molecular weight is 495 g/mol. The van der Waals surface area contributed by atoms with Gasteiger partial charge in [-0.1, -0.05) is 0 Å². The molecular formula is C27H34N4O5. The van der Waals surface area contributed by atoms with E-state index in [9.17, 15) is 9.59 Å². The number of hydrogen-bond donors (Lipinski definition) is 0. The molecule has 0 saturated carbocycles. The lowest BCUT2D eigenvalue weighted by Gasteiger charge is -2.32. The highest BCUT2D eigenvalue weighted by Crippen LogP contribution is 2.35. The molecule has 1 aromatic carbocycles. The zero-order valence-corrected chi connectivity index (χ0v) is 21.9. The van der Waals surface area contributed by atoms with Crippen molar-refractivity contribution in [1.82, 2.24) is 19.7 Å². The van der Waals surface area contributed by atoms with Gasteiger partial charge in [-0.2, -0.15) is 5.10 Å². The first-order valence-electron chi connectivity index (χ1n) is 12.4. The highest BCUT2D eigenvalue weighted by atomic mass is 16.6. The normalized spacial score (nSPS) is 13.9. The molecule has 9 nitrogen and oxygen atoms in total. The largest absolute Gasteiger partial charge is 0.486 e. The van der Waals surface area contributed by atoms with Crippen molar-refractivity contribution >= 4 is 22.9 Å². The Morgan fingerprint density at radius 1 is 0.972 bits per heavy atom. The second kappa shape index (κ2) is 10.2. The van der Waals surface area contributed by atoms with Crippen molar-refractivity contribution < 1.29 is 23.8 Å². The number of ether oxygens (including phenoxy) is 3. The molecular weight excluding hydrogens is 460 g/mol. The van der Waals surface area contributed by atoms with Crippen molar-refractivity contribution in [3.05, 3.63) is 36.0 Å². The summed E-state index contributed by atoms with van der Waals surface area (Å²) in [5.74, 6) is 0.468. The molecule has 1 aliphatic rings. The Morgan fingerprint density at radius 2 is 1.64 bits per heavy atom. The third-order valence-electron chi connectivity index (χ3n) is 6.11. The van der Waals surface area contributed by atoms with E-state index in [1.54, 1.807) is 28.8 Å². The van der Waals surface area contributed by atoms with Crippen molar-refractivity contribution in [2.75, 3.05) is 13.2 Å². The molecule has 0 bridgehead atoms. The first kappa shape index (κ1) is 25.5. The van der Waals surface area contributed by atoms with Gasteiger partial charge in [-0.15, -0.1) is 0 Å². The summed E-state index contributed by atoms with van der Waals surface area (Å²) in [5, 5.41) is 5.03. The maximum absolute atomic E-state index is 13.4. The molecule has 0 spiro atoms. The lowest BCUT2D eigenvalue weighted by Crippen LogP contribution is -2.47. The molecule has 4 rings (SSSR count). The lowest BCUT2D eigenvalue weighted by atomic mass is 10.1. The second-order valence-electron chi connectivity index (χ2n) is 9.81. The second-order valence-corrected chi connectivity index (χ2v) is 9.81. The van der Waals surface area contributed by atoms with Gasteiger partial charge in [0.15, 0.2) is 23.3 Å². The Hall–Kier alpha value is -3.62. The summed E-state index contributed by atoms with van der Waals surface area (Å²) >= 11 is 0. The molecule has 9 heteroatoms. The molecule has 1 unspecified atom stereocenters. The minimum Gasteiger partial charge on any atom is -0.486 e. The summed E-state index contributed by atoms with van der Waals surface area (Å²) in [4.78, 5) is 33.0. The smallest absolute Gasteiger partial charge is 0.339 e. The van der Waals surface area contributed by atoms with E-state index in [2.05, 4.69) is 5.10 Å². The van der Waals surface area contributed by atoms with E-state index in [1.165, 1.54) is 0 Å². The van der Waals surface area contributed by atoms with E-state index < -0.39 is 12.1 Å². The number of pyridine rings is 1. The van der Waals surface area contributed by atoms with Gasteiger partial charge in [-0.25, -0.2) is 14.5 Å². The van der Waals surface area contributed by atoms with Crippen LogP contribution in [0.5, 0.6) is 11.5 Å². The van der Waals surface area contributed by atoms with Gasteiger partial charge in [0.1, 0.15) is 13.2 Å². The molecule has 1 aliphatic heterocycles. The molecule has 36 heavy (non-hydrogen) atoms. The van der Waals surface area contributed by atoms with Crippen LogP contribution >= 0.6 is 0 Å². The maximum Gasteiger partial charge on any atom is 0.339 e. The molecule has 0 N–H and O–H groups in total. The lowest BCUT2D eigenvalue weighted by molar-refractivity contribution is -0.143. The van der Waals surface area contributed by atoms with Gasteiger partial charge in [0.05, 0.1) is 22.8 Å². The highest BCUT2D eigenvalue weighted by Gasteiger charge is 2.29. The predicted octanol–water partition coefficient (Wildman–Crippen LogP) is 4.64. The quantitative estimate of drug-likeness (QED) is 0.442. The molecule has 0 saturated heterocycles. The number of nitrogens with zero attached hydrogens (tertiary/aromatic N) is 4. The summed E-state index contributed by atoms with van der Waals surface area (Å²) in [6.07, 6.45) is 0.677. The number of carbonyl (C=O) groups excluding carboxylic acids is 2. The Kier molecular flexibility index (Phi) is 7.19. The van der Waals surface area contributed by atoms with E-state index in [1.807, 2.05) is 59.7 Å². The number of esters is 1. The predicted molar refractivity (Wildman–Crippen MR) is 136 cm³/mol. The van der Waals surface area contributed by atoms with Crippen LogP contribution in [0.4, 0.5) is 0 Å². The summed E-state index contributed by atoms with van der Waals surface area (Å²) in [7, 11) is 0. The average Bonchev–Trinajstić information content (AvgIpc) is 3.27. The van der Waals surface area contributed by atoms with Crippen LogP contribution in [0.3, 0.4) is 0 Å². The van der Waals surface area contributed by atoms with Gasteiger partial charge in [-0.05, 0) is 72.7 Å². The van der Waals surface area contributed by atoms with E-state index in [4.69, 9.17) is 19.2 Å². The summed E-state index contributed by atoms with van der Waals surface area (Å²) in [6, 6.07) is 7.24. The minimum atomic E-state index is -0.941. The topological polar surface area (TPSA) is 95.8 Å². The SMILES string of the molecule is CC(OC(=O)c1cc(-c2ccc3c(c2)OCCO3)nc2c1cnn2C(C)C)C(=O)N(C(C)C)C(C)C. The van der Waals surface area contributed by atoms with Crippen molar-refractivity contribution in [2.24, 2.45) is 0 Å². The van der Waals surface area contributed by atoms with Crippen LogP contribution in [-0.2, 0) is 9.53 Å². The first-order valence-corrected chi connectivity index (χ1v) is 12.4. The standard InChI is InChI=1S/C27H34N4O5/c1-15(2)30(16(3)4)26(32)18(7)36-27(33)20-13-22(29-25-21(20)14-28-31(25)17(5)6)19-8-9-23-24(12-19)35-11-10-34-23/h8-9,12-18H,10-11H2,1-7H3. The van der Waals surface area contributed by atoms with Crippen LogP contribution in [0.1, 0.15) is 64.9 Å². The monoisotopic (exact) mass is 494 g/mol. The molecule has 1 atom stereocenters. The number of aromatic nitrogens is 3. The molecule has 1 amide bonds. The van der Waals surface area contributed by atoms with Crippen molar-refractivity contribution in [1.29, 1.82) is 0 Å². The van der Waals surface area contributed by atoms with Gasteiger partial charge in [0, 0.05) is 23.7 Å². The molecule has 3 aromatic rings. The number of benzene rings is 1. The zero-order chi connectivity index (χ0) is 26.1. The molecule has 0 aliphatic carbocycles. The fourth-order valence-corrected chi connectivity index (χ4v) is 4.51. The molecule has 3 heterocycles. The first-order chi connectivity index (χ1) is 17.1. The van der Waals surface area contributed by atoms with Crippen LogP contribution in [0.15, 0.2) is 30.5 Å². The molecule has 192 valence electrons. The van der Waals surface area contributed by atoms with Crippen molar-refractivity contribution in [2.45, 2.75) is 72.7 Å². The van der Waals surface area contributed by atoms with E-state index >= 15 is 0 Å². The summed E-state index contributed by atoms with van der Waals surface area (Å²) in [6.45, 7) is 14.3. The number of rotatable bonds is 7. The van der Waals surface area contributed by atoms with E-state index in [-0.39, 0.29) is 24.0 Å². The Labute approximate surface area is 211 Å². The van der Waals surface area contributed by atoms with Crippen molar-refractivity contribution in [3.8, 4) is 22.8 Å². The van der Waals surface area contributed by atoms with Crippen LogP contribution in [-0.4, -0.2) is 62.9 Å². The Balaban J connectivity index is 1.74. The fourth-order valence-electron chi connectivity index (χ4n) is 4.51. The van der Waals surface area contributed by atoms with Crippen LogP contribution < -0.4 is 9.47 Å². The number of fused-ring (bicyclic) bond motifs is 2. The van der Waals surface area contributed by atoms with E-state index in [0.29, 0.717) is 47.0 Å². The minimum absolute atomic E-state index is 0.0163. The summed E-state index contributed by atoms with van der Waals surface area (Å²) in [5.41, 5.74) is 2.20. The van der Waals surface area contributed by atoms with Crippen molar-refractivity contribution in [3.63, 3.8) is 0 Å². The van der Waals surface area contributed by atoms with Gasteiger partial charge in [-0.3, -0.25) is 4.79 Å². The number of amides is 1. The third-order valence-corrected chi connectivity index (χ3v) is 6.11. The van der Waals surface area contributed by atoms with Crippen LogP contribution in [0, 0.1) is 0 Å². The van der Waals surface area contributed by atoms with Gasteiger partial charge in [0.2, 0.25) is 0 Å². The van der Waals surface area contributed by atoms with Gasteiger partial charge < -0.3 is 19.1 Å².